The van der Waals surface area contributed by atoms with Gasteiger partial charge in [-0.2, -0.15) is 0 Å². The molecule has 0 saturated carbocycles. The zero-order valence-electron chi connectivity index (χ0n) is 13.5. The molecule has 0 saturated heterocycles. The fraction of sp³-hybridized carbons (Fsp3) is 0.500. The molecule has 3 N–H and O–H groups in total. The van der Waals surface area contributed by atoms with E-state index in [9.17, 15) is 9.59 Å². The third kappa shape index (κ3) is 6.58. The highest BCUT2D eigenvalue weighted by Crippen LogP contribution is 2.13. The van der Waals surface area contributed by atoms with Crippen LogP contribution in [0.2, 0.25) is 0 Å². The van der Waals surface area contributed by atoms with E-state index < -0.39 is 0 Å². The molecule has 1 rings (SSSR count). The fourth-order valence-corrected chi connectivity index (χ4v) is 1.82. The summed E-state index contributed by atoms with van der Waals surface area (Å²) in [7, 11) is 1.70. The van der Waals surface area contributed by atoms with Gasteiger partial charge in [0.25, 0.3) is 5.91 Å². The molecule has 0 heterocycles. The highest BCUT2D eigenvalue weighted by Gasteiger charge is 2.21. The summed E-state index contributed by atoms with van der Waals surface area (Å²) in [6, 6.07) is 9.04. The van der Waals surface area contributed by atoms with Crippen LogP contribution in [0.4, 0.5) is 0 Å². The molecule has 1 aromatic carbocycles. The lowest BCUT2D eigenvalue weighted by Gasteiger charge is -2.29. The molecule has 0 aliphatic rings. The predicted molar refractivity (Wildman–Crippen MR) is 85.4 cm³/mol. The fourth-order valence-electron chi connectivity index (χ4n) is 1.82. The van der Waals surface area contributed by atoms with Crippen LogP contribution in [0.3, 0.4) is 0 Å². The second-order valence-electron chi connectivity index (χ2n) is 6.00. The SMILES string of the molecule is CN(CC(C)(C)CN)C(=O)CNC(=O)COc1ccccc1. The maximum Gasteiger partial charge on any atom is 0.258 e. The van der Waals surface area contributed by atoms with Gasteiger partial charge in [-0.15, -0.1) is 0 Å². The number of amides is 2. The molecule has 6 nitrogen and oxygen atoms in total. The third-order valence-electron chi connectivity index (χ3n) is 3.19. The largest absolute Gasteiger partial charge is 0.484 e. The highest BCUT2D eigenvalue weighted by molar-refractivity contribution is 5.85. The Bertz CT molecular complexity index is 489. The first-order chi connectivity index (χ1) is 10.3. The molecule has 122 valence electrons. The van der Waals surface area contributed by atoms with E-state index in [4.69, 9.17) is 10.5 Å². The Hall–Kier alpha value is -2.08. The summed E-state index contributed by atoms with van der Waals surface area (Å²) in [5.74, 6) is 0.129. The van der Waals surface area contributed by atoms with Crippen LogP contribution in [0.5, 0.6) is 5.75 Å². The van der Waals surface area contributed by atoms with E-state index in [0.717, 1.165) is 0 Å². The minimum atomic E-state index is -0.330. The first kappa shape index (κ1) is 18.0. The number of nitrogens with one attached hydrogen (secondary N) is 1. The second-order valence-corrected chi connectivity index (χ2v) is 6.00. The van der Waals surface area contributed by atoms with E-state index in [2.05, 4.69) is 5.32 Å². The number of ether oxygens (including phenoxy) is 1. The van der Waals surface area contributed by atoms with E-state index in [1.54, 1.807) is 24.1 Å². The number of nitrogens with two attached hydrogens (primary N) is 1. The number of benzene rings is 1. The molecular weight excluding hydrogens is 282 g/mol. The standard InChI is InChI=1S/C16H25N3O3/c1-16(2,11-17)12-19(3)15(21)9-18-14(20)10-22-13-7-5-4-6-8-13/h4-8H,9-12,17H2,1-3H3,(H,18,20). The van der Waals surface area contributed by atoms with Crippen molar-refractivity contribution in [3.8, 4) is 5.75 Å². The van der Waals surface area contributed by atoms with Crippen LogP contribution in [0.15, 0.2) is 30.3 Å². The minimum absolute atomic E-state index is 0.0475. The number of likely N-dealkylation sites (N-methyl/N-ethyl adjacent to an activating group) is 1. The Morgan fingerprint density at radius 2 is 1.91 bits per heavy atom. The number of nitrogens with zero attached hydrogens (tertiary/aromatic N) is 1. The maximum absolute atomic E-state index is 11.9. The molecule has 0 radical (unpaired) electrons. The van der Waals surface area contributed by atoms with Gasteiger partial charge in [0.1, 0.15) is 5.75 Å². The molecule has 1 aromatic rings. The first-order valence-electron chi connectivity index (χ1n) is 7.22. The number of hydrogen-bond acceptors (Lipinski definition) is 4. The Kier molecular flexibility index (Phi) is 6.85. The summed E-state index contributed by atoms with van der Waals surface area (Å²) in [6.45, 7) is 4.84. The van der Waals surface area contributed by atoms with Crippen molar-refractivity contribution in [1.82, 2.24) is 10.2 Å². The average Bonchev–Trinajstić information content (AvgIpc) is 2.51. The lowest BCUT2D eigenvalue weighted by Crippen LogP contribution is -2.44. The molecule has 0 fully saturated rings. The van der Waals surface area contributed by atoms with Crippen LogP contribution in [0.1, 0.15) is 13.8 Å². The third-order valence-corrected chi connectivity index (χ3v) is 3.19. The van der Waals surface area contributed by atoms with E-state index in [-0.39, 0.29) is 30.4 Å². The van der Waals surface area contributed by atoms with Gasteiger partial charge in [0.15, 0.2) is 6.61 Å². The maximum atomic E-state index is 11.9. The van der Waals surface area contributed by atoms with Gasteiger partial charge in [0, 0.05) is 13.6 Å². The lowest BCUT2D eigenvalue weighted by atomic mass is 9.93. The molecule has 0 aliphatic carbocycles. The molecule has 0 atom stereocenters. The number of carbonyl (C=O) groups is 2. The van der Waals surface area contributed by atoms with Crippen LogP contribution < -0.4 is 15.8 Å². The van der Waals surface area contributed by atoms with Crippen molar-refractivity contribution in [3.63, 3.8) is 0 Å². The number of hydrogen-bond donors (Lipinski definition) is 2. The number of rotatable bonds is 8. The van der Waals surface area contributed by atoms with Gasteiger partial charge in [-0.3, -0.25) is 9.59 Å². The topological polar surface area (TPSA) is 84.7 Å². The Morgan fingerprint density at radius 3 is 2.50 bits per heavy atom. The molecule has 0 spiro atoms. The molecular formula is C16H25N3O3. The summed E-state index contributed by atoms with van der Waals surface area (Å²) >= 11 is 0. The van der Waals surface area contributed by atoms with Crippen molar-refractivity contribution < 1.29 is 14.3 Å². The van der Waals surface area contributed by atoms with Gasteiger partial charge in [-0.1, -0.05) is 32.0 Å². The van der Waals surface area contributed by atoms with Gasteiger partial charge in [0.2, 0.25) is 5.91 Å². The van der Waals surface area contributed by atoms with E-state index >= 15 is 0 Å². The summed E-state index contributed by atoms with van der Waals surface area (Å²) in [5, 5.41) is 2.55. The molecule has 0 aromatic heterocycles. The normalized spacial score (nSPS) is 10.9. The van der Waals surface area contributed by atoms with Crippen LogP contribution >= 0.6 is 0 Å². The monoisotopic (exact) mass is 307 g/mol. The quantitative estimate of drug-likeness (QED) is 0.737. The molecule has 2 amide bonds. The summed E-state index contributed by atoms with van der Waals surface area (Å²) in [5.41, 5.74) is 5.50. The minimum Gasteiger partial charge on any atom is -0.484 e. The van der Waals surface area contributed by atoms with Crippen LogP contribution in [-0.2, 0) is 9.59 Å². The number of carbonyl (C=O) groups excluding carboxylic acids is 2. The Morgan fingerprint density at radius 1 is 1.27 bits per heavy atom. The van der Waals surface area contributed by atoms with Crippen molar-refractivity contribution in [3.05, 3.63) is 30.3 Å². The van der Waals surface area contributed by atoms with Crippen molar-refractivity contribution in [2.24, 2.45) is 11.1 Å². The molecule has 0 unspecified atom stereocenters. The molecule has 6 heteroatoms. The van der Waals surface area contributed by atoms with E-state index in [1.807, 2.05) is 32.0 Å². The second kappa shape index (κ2) is 8.38. The van der Waals surface area contributed by atoms with Crippen molar-refractivity contribution in [2.45, 2.75) is 13.8 Å². The molecule has 22 heavy (non-hydrogen) atoms. The summed E-state index contributed by atoms with van der Waals surface area (Å²) < 4.78 is 5.31. The van der Waals surface area contributed by atoms with Gasteiger partial charge < -0.3 is 20.7 Å². The summed E-state index contributed by atoms with van der Waals surface area (Å²) in [6.07, 6.45) is 0. The number of para-hydroxylation sites is 1. The summed E-state index contributed by atoms with van der Waals surface area (Å²) in [4.78, 5) is 25.2. The van der Waals surface area contributed by atoms with Gasteiger partial charge in [-0.25, -0.2) is 0 Å². The zero-order valence-corrected chi connectivity index (χ0v) is 13.5. The predicted octanol–water partition coefficient (Wildman–Crippen LogP) is 0.625. The van der Waals surface area contributed by atoms with Crippen molar-refractivity contribution >= 4 is 11.8 Å². The van der Waals surface area contributed by atoms with Gasteiger partial charge in [0.05, 0.1) is 6.54 Å². The Labute approximate surface area is 131 Å². The van der Waals surface area contributed by atoms with Gasteiger partial charge >= 0.3 is 0 Å². The molecule has 0 bridgehead atoms. The van der Waals surface area contributed by atoms with E-state index in [1.165, 1.54) is 0 Å². The Balaban J connectivity index is 2.29. The average molecular weight is 307 g/mol. The zero-order chi connectivity index (χ0) is 16.6. The molecule has 0 aliphatic heterocycles. The van der Waals surface area contributed by atoms with E-state index in [0.29, 0.717) is 18.8 Å². The van der Waals surface area contributed by atoms with Crippen LogP contribution in [-0.4, -0.2) is 50.0 Å². The smallest absolute Gasteiger partial charge is 0.258 e. The van der Waals surface area contributed by atoms with Crippen molar-refractivity contribution in [1.29, 1.82) is 0 Å². The highest BCUT2D eigenvalue weighted by atomic mass is 16.5. The van der Waals surface area contributed by atoms with Gasteiger partial charge in [-0.05, 0) is 24.1 Å². The van der Waals surface area contributed by atoms with Crippen LogP contribution in [0.25, 0.3) is 0 Å². The first-order valence-corrected chi connectivity index (χ1v) is 7.22. The lowest BCUT2D eigenvalue weighted by molar-refractivity contribution is -0.133. The van der Waals surface area contributed by atoms with Crippen LogP contribution in [0, 0.1) is 5.41 Å². The van der Waals surface area contributed by atoms with Crippen molar-refractivity contribution in [2.75, 3.05) is 33.3 Å².